The summed E-state index contributed by atoms with van der Waals surface area (Å²) < 4.78 is 62.9. The van der Waals surface area contributed by atoms with Crippen LogP contribution in [-0.4, -0.2) is 6.61 Å². The quantitative estimate of drug-likeness (QED) is 0.252. The van der Waals surface area contributed by atoms with Gasteiger partial charge in [0.1, 0.15) is 0 Å². The summed E-state index contributed by atoms with van der Waals surface area (Å²) in [5.74, 6) is -2.88. The van der Waals surface area contributed by atoms with Gasteiger partial charge in [-0.3, -0.25) is 0 Å². The van der Waals surface area contributed by atoms with Crippen molar-refractivity contribution in [1.29, 1.82) is 0 Å². The van der Waals surface area contributed by atoms with Crippen molar-refractivity contribution < 1.29 is 22.3 Å². The fourth-order valence-corrected chi connectivity index (χ4v) is 4.23. The van der Waals surface area contributed by atoms with Gasteiger partial charge in [0, 0.05) is 11.5 Å². The Bertz CT molecular complexity index is 1180. The van der Waals surface area contributed by atoms with Crippen LogP contribution in [0.1, 0.15) is 36.5 Å². The molecule has 0 N–H and O–H groups in total. The third-order valence-corrected chi connectivity index (χ3v) is 6.51. The molecule has 0 aliphatic heterocycles. The number of benzene rings is 3. The number of ether oxygens (including phenoxy) is 1. The molecule has 0 amide bonds. The Labute approximate surface area is 198 Å². The first-order valence-corrected chi connectivity index (χ1v) is 11.7. The van der Waals surface area contributed by atoms with Gasteiger partial charge in [0.15, 0.2) is 23.2 Å². The van der Waals surface area contributed by atoms with Crippen LogP contribution in [0.3, 0.4) is 0 Å². The molecule has 2 atom stereocenters. The highest BCUT2D eigenvalue weighted by Crippen LogP contribution is 2.28. The van der Waals surface area contributed by atoms with Crippen LogP contribution >= 0.6 is 0 Å². The minimum absolute atomic E-state index is 0.0648. The topological polar surface area (TPSA) is 9.23 Å². The van der Waals surface area contributed by atoms with E-state index in [4.69, 9.17) is 4.74 Å². The van der Waals surface area contributed by atoms with Gasteiger partial charge in [-0.2, -0.15) is 4.39 Å². The van der Waals surface area contributed by atoms with E-state index in [0.717, 1.165) is 18.4 Å². The second-order valence-corrected chi connectivity index (χ2v) is 9.12. The predicted molar refractivity (Wildman–Crippen MR) is 127 cm³/mol. The van der Waals surface area contributed by atoms with E-state index in [1.165, 1.54) is 13.0 Å². The molecule has 0 saturated carbocycles. The zero-order chi connectivity index (χ0) is 24.2. The van der Waals surface area contributed by atoms with Crippen LogP contribution in [-0.2, 0) is 12.8 Å². The molecule has 1 aliphatic carbocycles. The Kier molecular flexibility index (Phi) is 7.40. The first kappa shape index (κ1) is 24.1. The van der Waals surface area contributed by atoms with Gasteiger partial charge >= 0.3 is 0 Å². The second-order valence-electron chi connectivity index (χ2n) is 9.12. The van der Waals surface area contributed by atoms with Gasteiger partial charge in [0.2, 0.25) is 5.82 Å². The first-order valence-electron chi connectivity index (χ1n) is 11.7. The maximum absolute atomic E-state index is 14.6. The van der Waals surface area contributed by atoms with E-state index in [2.05, 4.69) is 19.1 Å². The van der Waals surface area contributed by atoms with Crippen molar-refractivity contribution in [2.24, 2.45) is 11.8 Å². The fraction of sp³-hybridized carbons (Fsp3) is 0.310. The summed E-state index contributed by atoms with van der Waals surface area (Å²) in [7, 11) is 0. The molecular formula is C29H28F4O. The minimum Gasteiger partial charge on any atom is -0.490 e. The largest absolute Gasteiger partial charge is 0.490 e. The summed E-state index contributed by atoms with van der Waals surface area (Å²) in [5, 5.41) is 0. The van der Waals surface area contributed by atoms with Crippen LogP contribution in [0.4, 0.5) is 17.6 Å². The number of rotatable bonds is 7. The first-order chi connectivity index (χ1) is 16.3. The van der Waals surface area contributed by atoms with Gasteiger partial charge in [0.25, 0.3) is 0 Å². The van der Waals surface area contributed by atoms with Crippen LogP contribution in [0.15, 0.2) is 60.7 Å². The van der Waals surface area contributed by atoms with Gasteiger partial charge < -0.3 is 4.74 Å². The highest BCUT2D eigenvalue weighted by Gasteiger charge is 2.18. The van der Waals surface area contributed by atoms with Crippen molar-refractivity contribution in [3.63, 3.8) is 0 Å². The smallest absolute Gasteiger partial charge is 0.200 e. The van der Waals surface area contributed by atoms with E-state index in [1.54, 1.807) is 42.5 Å². The highest BCUT2D eigenvalue weighted by molar-refractivity contribution is 5.65. The lowest BCUT2D eigenvalue weighted by Gasteiger charge is -2.20. The van der Waals surface area contributed by atoms with Crippen LogP contribution in [0, 0.1) is 42.0 Å². The number of halogens is 4. The average Bonchev–Trinajstić information content (AvgIpc) is 2.84. The second kappa shape index (κ2) is 10.5. The van der Waals surface area contributed by atoms with Crippen LogP contribution in [0.5, 0.6) is 5.75 Å². The predicted octanol–water partition coefficient (Wildman–Crippen LogP) is 7.98. The van der Waals surface area contributed by atoms with E-state index in [1.807, 2.05) is 0 Å². The maximum Gasteiger partial charge on any atom is 0.200 e. The number of aryl methyl sites for hydroxylation is 3. The molecule has 0 saturated heterocycles. The summed E-state index contributed by atoms with van der Waals surface area (Å²) in [6.07, 6.45) is 7.06. The van der Waals surface area contributed by atoms with Crippen molar-refractivity contribution >= 4 is 0 Å². The number of allylic oxidation sites excluding steroid dienone is 1. The molecule has 2 unspecified atom stereocenters. The molecule has 0 radical (unpaired) electrons. The lowest BCUT2D eigenvalue weighted by atomic mass is 9.90. The fourth-order valence-electron chi connectivity index (χ4n) is 4.23. The molecular weight excluding hydrogens is 440 g/mol. The summed E-state index contributed by atoms with van der Waals surface area (Å²) in [6, 6.07) is 13.1. The summed E-state index contributed by atoms with van der Waals surface area (Å²) in [6.45, 7) is 4.00. The number of hydrogen-bond acceptors (Lipinski definition) is 1. The Balaban J connectivity index is 1.38. The van der Waals surface area contributed by atoms with Gasteiger partial charge in [-0.25, -0.2) is 13.2 Å². The molecule has 4 rings (SSSR count). The molecule has 5 heteroatoms. The Morgan fingerprint density at radius 1 is 0.765 bits per heavy atom. The zero-order valence-electron chi connectivity index (χ0n) is 19.4. The standard InChI is InChI=1S/C29H28F4O/c1-18-3-6-21(7-4-18)17-34-25-16-14-23(27(31)29(25)33)13-10-20-8-11-22(12-9-20)24-15-5-19(2)26(30)28(24)32/h3,5-6,8-9,11-12,14-16,18,21H,4,7,10,13,17H2,1-2H3. The van der Waals surface area contributed by atoms with Gasteiger partial charge in [0.05, 0.1) is 6.61 Å². The molecule has 178 valence electrons. The molecule has 34 heavy (non-hydrogen) atoms. The molecule has 1 aliphatic rings. The molecule has 0 bridgehead atoms. The van der Waals surface area contributed by atoms with Gasteiger partial charge in [-0.05, 0) is 66.8 Å². The minimum atomic E-state index is -0.960. The van der Waals surface area contributed by atoms with Crippen molar-refractivity contribution in [3.8, 4) is 16.9 Å². The molecule has 3 aromatic carbocycles. The normalized spacial score (nSPS) is 17.7. The monoisotopic (exact) mass is 468 g/mol. The van der Waals surface area contributed by atoms with E-state index in [0.29, 0.717) is 30.9 Å². The van der Waals surface area contributed by atoms with Crippen LogP contribution < -0.4 is 4.74 Å². The Hall–Kier alpha value is -3.08. The maximum atomic E-state index is 14.6. The molecule has 0 spiro atoms. The molecule has 1 nitrogen and oxygen atoms in total. The van der Waals surface area contributed by atoms with E-state index >= 15 is 0 Å². The van der Waals surface area contributed by atoms with E-state index in [9.17, 15) is 17.6 Å². The summed E-state index contributed by atoms with van der Waals surface area (Å²) in [5.41, 5.74) is 2.16. The molecule has 0 heterocycles. The Morgan fingerprint density at radius 3 is 2.24 bits per heavy atom. The van der Waals surface area contributed by atoms with Crippen LogP contribution in [0.2, 0.25) is 0 Å². The third kappa shape index (κ3) is 5.35. The van der Waals surface area contributed by atoms with Crippen molar-refractivity contribution in [1.82, 2.24) is 0 Å². The zero-order valence-corrected chi connectivity index (χ0v) is 19.4. The van der Waals surface area contributed by atoms with Crippen molar-refractivity contribution in [2.75, 3.05) is 6.61 Å². The van der Waals surface area contributed by atoms with E-state index in [-0.39, 0.29) is 28.4 Å². The summed E-state index contributed by atoms with van der Waals surface area (Å²) >= 11 is 0. The number of hydrogen-bond donors (Lipinski definition) is 0. The Morgan fingerprint density at radius 2 is 1.53 bits per heavy atom. The van der Waals surface area contributed by atoms with Crippen molar-refractivity contribution in [3.05, 3.63) is 101 Å². The lowest BCUT2D eigenvalue weighted by molar-refractivity contribution is 0.244. The third-order valence-electron chi connectivity index (χ3n) is 6.51. The SMILES string of the molecule is Cc1ccc(-c2ccc(CCc3ccc(OCC4C=CC(C)CC4)c(F)c3F)cc2)c(F)c1F. The molecule has 0 fully saturated rings. The highest BCUT2D eigenvalue weighted by atomic mass is 19.2. The lowest BCUT2D eigenvalue weighted by Crippen LogP contribution is -2.15. The van der Waals surface area contributed by atoms with Gasteiger partial charge in [-0.1, -0.05) is 61.5 Å². The van der Waals surface area contributed by atoms with Crippen LogP contribution in [0.25, 0.3) is 11.1 Å². The molecule has 3 aromatic rings. The van der Waals surface area contributed by atoms with Crippen molar-refractivity contribution in [2.45, 2.75) is 39.5 Å². The summed E-state index contributed by atoms with van der Waals surface area (Å²) in [4.78, 5) is 0. The van der Waals surface area contributed by atoms with Gasteiger partial charge in [-0.15, -0.1) is 0 Å². The average molecular weight is 469 g/mol. The van der Waals surface area contributed by atoms with E-state index < -0.39 is 23.3 Å². The molecule has 0 aromatic heterocycles.